The number of rotatable bonds is 4. The van der Waals surface area contributed by atoms with E-state index in [1.165, 1.54) is 12.7 Å². The van der Waals surface area contributed by atoms with E-state index in [-0.39, 0.29) is 0 Å². The fraction of sp³-hybridized carbons (Fsp3) is 0.538. The minimum atomic E-state index is -0.976. The number of aldehydes is 1. The van der Waals surface area contributed by atoms with Crippen molar-refractivity contribution in [2.45, 2.75) is 25.0 Å². The Balaban J connectivity index is 2.11. The zero-order chi connectivity index (χ0) is 14.0. The average Bonchev–Trinajstić information content (AvgIpc) is 2.95. The first kappa shape index (κ1) is 13.1. The Bertz CT molecular complexity index is 606. The van der Waals surface area contributed by atoms with Crippen molar-refractivity contribution in [3.63, 3.8) is 0 Å². The monoisotopic (exact) mass is 274 g/mol. The van der Waals surface area contributed by atoms with E-state index >= 15 is 0 Å². The van der Waals surface area contributed by atoms with Crippen LogP contribution in [0.4, 0.5) is 0 Å². The van der Waals surface area contributed by atoms with Gasteiger partial charge in [-0.15, -0.1) is 0 Å². The van der Waals surface area contributed by atoms with Gasteiger partial charge >= 0.3 is 0 Å². The lowest BCUT2D eigenvalue weighted by Gasteiger charge is -2.41. The minimum Gasteiger partial charge on any atom is -0.297 e. The van der Waals surface area contributed by atoms with Crippen LogP contribution in [-0.2, 0) is 10.6 Å². The van der Waals surface area contributed by atoms with Crippen molar-refractivity contribution in [3.8, 4) is 0 Å². The van der Waals surface area contributed by atoms with E-state index in [0.29, 0.717) is 5.65 Å². The third-order valence-electron chi connectivity index (χ3n) is 3.92. The highest BCUT2D eigenvalue weighted by atomic mass is 16.1. The first-order valence-corrected chi connectivity index (χ1v) is 6.86. The minimum absolute atomic E-state index is 0.659. The molecular formula is C13H18N6O. The molecule has 0 saturated carbocycles. The molecule has 1 N–H and O–H groups in total. The van der Waals surface area contributed by atoms with E-state index in [2.05, 4.69) is 25.3 Å². The molecule has 0 aliphatic carbocycles. The van der Waals surface area contributed by atoms with Crippen LogP contribution in [-0.4, -0.2) is 51.1 Å². The van der Waals surface area contributed by atoms with Crippen LogP contribution in [0.1, 0.15) is 19.3 Å². The van der Waals surface area contributed by atoms with Gasteiger partial charge in [0.05, 0.1) is 11.6 Å². The van der Waals surface area contributed by atoms with Gasteiger partial charge in [-0.05, 0) is 19.9 Å². The zero-order valence-corrected chi connectivity index (χ0v) is 11.5. The molecule has 1 unspecified atom stereocenters. The average molecular weight is 274 g/mol. The Morgan fingerprint density at radius 1 is 1.30 bits per heavy atom. The van der Waals surface area contributed by atoms with Crippen LogP contribution in [0.25, 0.3) is 11.0 Å². The number of hydrogen-bond acceptors (Lipinski definition) is 6. The molecule has 1 atom stereocenters. The van der Waals surface area contributed by atoms with E-state index in [1.54, 1.807) is 24.1 Å². The number of fused-ring (bicyclic) bond motifs is 1. The Labute approximate surface area is 117 Å². The maximum Gasteiger partial charge on any atom is 0.228 e. The summed E-state index contributed by atoms with van der Waals surface area (Å²) in [6, 6.07) is 0. The molecule has 0 spiro atoms. The zero-order valence-electron chi connectivity index (χ0n) is 11.5. The summed E-state index contributed by atoms with van der Waals surface area (Å²) >= 11 is 0. The Morgan fingerprint density at radius 3 is 2.80 bits per heavy atom. The molecule has 20 heavy (non-hydrogen) atoms. The molecule has 1 aliphatic rings. The second-order valence-electron chi connectivity index (χ2n) is 5.00. The van der Waals surface area contributed by atoms with Gasteiger partial charge in [0.25, 0.3) is 0 Å². The Morgan fingerprint density at radius 2 is 2.10 bits per heavy atom. The van der Waals surface area contributed by atoms with Gasteiger partial charge in [0.1, 0.15) is 6.33 Å². The summed E-state index contributed by atoms with van der Waals surface area (Å²) < 4.78 is 1.66. The van der Waals surface area contributed by atoms with Crippen molar-refractivity contribution in [1.82, 2.24) is 30.0 Å². The number of piperidine rings is 1. The van der Waals surface area contributed by atoms with Crippen LogP contribution < -0.4 is 5.32 Å². The lowest BCUT2D eigenvalue weighted by atomic mass is 10.1. The van der Waals surface area contributed by atoms with Gasteiger partial charge < -0.3 is 0 Å². The quantitative estimate of drug-likeness (QED) is 0.810. The van der Waals surface area contributed by atoms with Crippen LogP contribution in [0.2, 0.25) is 0 Å². The predicted molar refractivity (Wildman–Crippen MR) is 73.8 cm³/mol. The normalized spacial score (nSPS) is 19.9. The molecular weight excluding hydrogens is 256 g/mol. The SMILES string of the molecule is CNC(C=O)(N1CCCCC1)n1ncc2cncnc21. The van der Waals surface area contributed by atoms with Crippen LogP contribution >= 0.6 is 0 Å². The van der Waals surface area contributed by atoms with Crippen LogP contribution in [0, 0.1) is 0 Å². The highest BCUT2D eigenvalue weighted by Gasteiger charge is 2.40. The third-order valence-corrected chi connectivity index (χ3v) is 3.92. The van der Waals surface area contributed by atoms with Crippen molar-refractivity contribution in [2.24, 2.45) is 0 Å². The van der Waals surface area contributed by atoms with Crippen molar-refractivity contribution in [3.05, 3.63) is 18.7 Å². The van der Waals surface area contributed by atoms with Gasteiger partial charge in [-0.2, -0.15) is 5.10 Å². The van der Waals surface area contributed by atoms with Crippen molar-refractivity contribution < 1.29 is 4.79 Å². The fourth-order valence-electron chi connectivity index (χ4n) is 2.84. The molecule has 2 aromatic rings. The number of nitrogens with one attached hydrogen (secondary N) is 1. The van der Waals surface area contributed by atoms with Crippen molar-refractivity contribution in [1.29, 1.82) is 0 Å². The van der Waals surface area contributed by atoms with Crippen LogP contribution in [0.15, 0.2) is 18.7 Å². The maximum absolute atomic E-state index is 11.9. The van der Waals surface area contributed by atoms with E-state index in [0.717, 1.165) is 37.6 Å². The number of aromatic nitrogens is 4. The molecule has 1 fully saturated rings. The van der Waals surface area contributed by atoms with Gasteiger partial charge in [0.15, 0.2) is 11.9 Å². The first-order valence-electron chi connectivity index (χ1n) is 6.86. The van der Waals surface area contributed by atoms with Gasteiger partial charge in [0, 0.05) is 19.3 Å². The summed E-state index contributed by atoms with van der Waals surface area (Å²) in [5, 5.41) is 8.32. The highest BCUT2D eigenvalue weighted by molar-refractivity contribution is 5.75. The van der Waals surface area contributed by atoms with E-state index in [1.807, 2.05) is 0 Å². The number of likely N-dealkylation sites (tertiary alicyclic amines) is 1. The molecule has 3 heterocycles. The standard InChI is InChI=1S/C13H18N6O/c1-14-13(9-20,18-5-3-2-4-6-18)19-12-11(8-17-19)7-15-10-16-12/h7-10,14H,2-6H2,1H3. The summed E-state index contributed by atoms with van der Waals surface area (Å²) in [7, 11) is 1.78. The van der Waals surface area contributed by atoms with Gasteiger partial charge in [-0.3, -0.25) is 15.0 Å². The lowest BCUT2D eigenvalue weighted by Crippen LogP contribution is -2.62. The molecule has 0 amide bonds. The highest BCUT2D eigenvalue weighted by Crippen LogP contribution is 2.24. The van der Waals surface area contributed by atoms with E-state index in [4.69, 9.17) is 0 Å². The van der Waals surface area contributed by atoms with Crippen molar-refractivity contribution >= 4 is 17.3 Å². The van der Waals surface area contributed by atoms with Crippen LogP contribution in [0.5, 0.6) is 0 Å². The molecule has 0 aromatic carbocycles. The second-order valence-corrected chi connectivity index (χ2v) is 5.00. The smallest absolute Gasteiger partial charge is 0.228 e. The van der Waals surface area contributed by atoms with Crippen molar-refractivity contribution in [2.75, 3.05) is 20.1 Å². The van der Waals surface area contributed by atoms with Gasteiger partial charge in [0.2, 0.25) is 5.79 Å². The number of nitrogens with zero attached hydrogens (tertiary/aromatic N) is 5. The molecule has 106 valence electrons. The topological polar surface area (TPSA) is 75.9 Å². The molecule has 7 heteroatoms. The lowest BCUT2D eigenvalue weighted by molar-refractivity contribution is -0.130. The molecule has 3 rings (SSSR count). The second kappa shape index (κ2) is 5.26. The summed E-state index contributed by atoms with van der Waals surface area (Å²) in [6.07, 6.45) is 9.16. The number of likely N-dealkylation sites (N-methyl/N-ethyl adjacent to an activating group) is 1. The van der Waals surface area contributed by atoms with Gasteiger partial charge in [-0.25, -0.2) is 14.6 Å². The Kier molecular flexibility index (Phi) is 3.45. The van der Waals surface area contributed by atoms with E-state index < -0.39 is 5.79 Å². The van der Waals surface area contributed by atoms with Gasteiger partial charge in [-0.1, -0.05) is 6.42 Å². The summed E-state index contributed by atoms with van der Waals surface area (Å²) in [5.41, 5.74) is 0.659. The summed E-state index contributed by atoms with van der Waals surface area (Å²) in [6.45, 7) is 1.73. The molecule has 0 radical (unpaired) electrons. The fourth-order valence-corrected chi connectivity index (χ4v) is 2.84. The number of carbonyl (C=O) groups is 1. The first-order chi connectivity index (χ1) is 9.81. The molecule has 2 aromatic heterocycles. The Hall–Kier alpha value is -1.86. The predicted octanol–water partition coefficient (Wildman–Crippen LogP) is 0.341. The molecule has 0 bridgehead atoms. The number of carbonyl (C=O) groups excluding carboxylic acids is 1. The maximum atomic E-state index is 11.9. The summed E-state index contributed by atoms with van der Waals surface area (Å²) in [5.74, 6) is -0.976. The third kappa shape index (κ3) is 1.90. The van der Waals surface area contributed by atoms with Crippen LogP contribution in [0.3, 0.4) is 0 Å². The molecule has 7 nitrogen and oxygen atoms in total. The molecule has 1 aliphatic heterocycles. The number of hydrogen-bond donors (Lipinski definition) is 1. The largest absolute Gasteiger partial charge is 0.297 e. The van der Waals surface area contributed by atoms with E-state index in [9.17, 15) is 4.79 Å². The summed E-state index contributed by atoms with van der Waals surface area (Å²) in [4.78, 5) is 22.3. The molecule has 1 saturated heterocycles.